The highest BCUT2D eigenvalue weighted by Crippen LogP contribution is 2.45. The number of carboxylic acids is 1. The number of rotatable bonds is 3. The first-order chi connectivity index (χ1) is 8.65. The van der Waals surface area contributed by atoms with Gasteiger partial charge in [0, 0.05) is 11.6 Å². The van der Waals surface area contributed by atoms with E-state index < -0.39 is 5.97 Å². The summed E-state index contributed by atoms with van der Waals surface area (Å²) in [5.74, 6) is -0.336. The number of thioether (sulfide) groups is 1. The fourth-order valence-corrected chi connectivity index (χ4v) is 3.33. The molecule has 1 unspecified atom stereocenters. The Bertz CT molecular complexity index is 529. The van der Waals surface area contributed by atoms with E-state index in [0.29, 0.717) is 15.9 Å². The number of hydrogen-bond donors (Lipinski definition) is 1. The second-order valence-corrected chi connectivity index (χ2v) is 5.64. The van der Waals surface area contributed by atoms with Crippen LogP contribution in [0.15, 0.2) is 35.1 Å². The van der Waals surface area contributed by atoms with Gasteiger partial charge < -0.3 is 14.7 Å². The molecular formula is C12H10ClNO3S. The van der Waals surface area contributed by atoms with Gasteiger partial charge in [0.15, 0.2) is 10.8 Å². The summed E-state index contributed by atoms with van der Waals surface area (Å²) in [7, 11) is 0. The summed E-state index contributed by atoms with van der Waals surface area (Å²) in [5.41, 5.74) is 0.270. The summed E-state index contributed by atoms with van der Waals surface area (Å²) in [5, 5.41) is 10.5. The number of benzene rings is 1. The molecule has 6 heteroatoms. The molecular weight excluding hydrogens is 274 g/mol. The van der Waals surface area contributed by atoms with Crippen molar-refractivity contribution >= 4 is 29.3 Å². The average molecular weight is 284 g/mol. The molecule has 1 fully saturated rings. The van der Waals surface area contributed by atoms with Crippen molar-refractivity contribution in [3.8, 4) is 5.75 Å². The van der Waals surface area contributed by atoms with Gasteiger partial charge in [-0.05, 0) is 30.7 Å². The minimum absolute atomic E-state index is 0.221. The molecule has 0 spiro atoms. The van der Waals surface area contributed by atoms with Crippen molar-refractivity contribution in [1.82, 2.24) is 4.90 Å². The van der Waals surface area contributed by atoms with E-state index >= 15 is 0 Å². The van der Waals surface area contributed by atoms with Crippen molar-refractivity contribution < 1.29 is 14.6 Å². The van der Waals surface area contributed by atoms with Crippen molar-refractivity contribution in [1.29, 1.82) is 0 Å². The highest BCUT2D eigenvalue weighted by atomic mass is 35.5. The fraction of sp³-hybridized carbons (Fsp3) is 0.250. The van der Waals surface area contributed by atoms with Crippen LogP contribution in [-0.2, 0) is 4.79 Å². The predicted octanol–water partition coefficient (Wildman–Crippen LogP) is 2.75. The molecule has 94 valence electrons. The molecule has 4 nitrogen and oxygen atoms in total. The van der Waals surface area contributed by atoms with Crippen LogP contribution in [0.25, 0.3) is 0 Å². The maximum Gasteiger partial charge on any atom is 0.356 e. The third kappa shape index (κ3) is 1.93. The lowest BCUT2D eigenvalue weighted by atomic mass is 10.2. The van der Waals surface area contributed by atoms with Crippen molar-refractivity contribution in [3.63, 3.8) is 0 Å². The van der Waals surface area contributed by atoms with Crippen molar-refractivity contribution in [2.24, 2.45) is 0 Å². The van der Waals surface area contributed by atoms with Crippen LogP contribution in [0, 0.1) is 0 Å². The van der Waals surface area contributed by atoms with Gasteiger partial charge in [-0.25, -0.2) is 4.79 Å². The molecule has 0 bridgehead atoms. The molecule has 0 aliphatic carbocycles. The maximum atomic E-state index is 11.2. The molecule has 1 aromatic rings. The van der Waals surface area contributed by atoms with E-state index in [4.69, 9.17) is 16.3 Å². The predicted molar refractivity (Wildman–Crippen MR) is 69.4 cm³/mol. The molecule has 1 atom stereocenters. The minimum atomic E-state index is -0.936. The Morgan fingerprint density at radius 2 is 2.17 bits per heavy atom. The molecule has 2 heterocycles. The molecule has 2 aliphatic heterocycles. The average Bonchev–Trinajstić information content (AvgIpc) is 2.55. The second-order valence-electron chi connectivity index (χ2n) is 4.05. The van der Waals surface area contributed by atoms with Crippen LogP contribution in [0.5, 0.6) is 5.75 Å². The number of halogens is 1. The lowest BCUT2D eigenvalue weighted by Gasteiger charge is -2.35. The summed E-state index contributed by atoms with van der Waals surface area (Å²) >= 11 is 7.25. The number of fused-ring (bicyclic) bond motifs is 1. The Balaban J connectivity index is 1.86. The zero-order chi connectivity index (χ0) is 12.7. The Labute approximate surface area is 113 Å². The van der Waals surface area contributed by atoms with Crippen LogP contribution < -0.4 is 4.74 Å². The Kier molecular flexibility index (Phi) is 2.87. The Hall–Kier alpha value is -1.33. The summed E-state index contributed by atoms with van der Waals surface area (Å²) in [6.45, 7) is 0.785. The van der Waals surface area contributed by atoms with Crippen LogP contribution >= 0.6 is 23.4 Å². The zero-order valence-corrected chi connectivity index (χ0v) is 10.9. The zero-order valence-electron chi connectivity index (χ0n) is 9.30. The molecule has 1 saturated heterocycles. The monoisotopic (exact) mass is 283 g/mol. The molecule has 0 aromatic heterocycles. The number of aliphatic carboxylic acids is 1. The normalized spacial score (nSPS) is 21.6. The van der Waals surface area contributed by atoms with E-state index in [1.54, 1.807) is 24.3 Å². The van der Waals surface area contributed by atoms with E-state index in [1.165, 1.54) is 11.8 Å². The van der Waals surface area contributed by atoms with Gasteiger partial charge in [0.25, 0.3) is 0 Å². The highest BCUT2D eigenvalue weighted by molar-refractivity contribution is 8.03. The summed E-state index contributed by atoms with van der Waals surface area (Å²) in [4.78, 5) is 13.1. The van der Waals surface area contributed by atoms with E-state index in [2.05, 4.69) is 0 Å². The third-order valence-corrected chi connectivity index (χ3v) is 4.42. The smallest absolute Gasteiger partial charge is 0.356 e. The van der Waals surface area contributed by atoms with E-state index in [1.807, 2.05) is 4.90 Å². The fourth-order valence-electron chi connectivity index (χ4n) is 1.93. The van der Waals surface area contributed by atoms with E-state index in [-0.39, 0.29) is 11.1 Å². The second kappa shape index (κ2) is 4.40. The summed E-state index contributed by atoms with van der Waals surface area (Å²) < 4.78 is 5.65. The van der Waals surface area contributed by atoms with Crippen LogP contribution in [0.2, 0.25) is 5.02 Å². The first-order valence-corrected chi connectivity index (χ1v) is 6.75. The van der Waals surface area contributed by atoms with Gasteiger partial charge >= 0.3 is 5.97 Å². The molecule has 0 amide bonds. The Morgan fingerprint density at radius 3 is 2.72 bits per heavy atom. The SMILES string of the molecule is O=C(O)C1=C(Oc2ccc(Cl)cc2)SC2CCN12. The van der Waals surface area contributed by atoms with Crippen LogP contribution in [-0.4, -0.2) is 27.9 Å². The number of hydrogen-bond acceptors (Lipinski definition) is 4. The number of nitrogens with zero attached hydrogens (tertiary/aromatic N) is 1. The highest BCUT2D eigenvalue weighted by Gasteiger charge is 2.43. The van der Waals surface area contributed by atoms with E-state index in [0.717, 1.165) is 13.0 Å². The van der Waals surface area contributed by atoms with E-state index in [9.17, 15) is 9.90 Å². The van der Waals surface area contributed by atoms with Gasteiger partial charge in [-0.2, -0.15) is 0 Å². The first kappa shape index (κ1) is 11.7. The molecule has 18 heavy (non-hydrogen) atoms. The van der Waals surface area contributed by atoms with Gasteiger partial charge in [-0.1, -0.05) is 23.4 Å². The van der Waals surface area contributed by atoms with Crippen molar-refractivity contribution in [2.75, 3.05) is 6.54 Å². The lowest BCUT2D eigenvalue weighted by Crippen LogP contribution is -2.43. The Morgan fingerprint density at radius 1 is 1.44 bits per heavy atom. The van der Waals surface area contributed by atoms with Gasteiger partial charge in [-0.3, -0.25) is 0 Å². The van der Waals surface area contributed by atoms with Crippen LogP contribution in [0.3, 0.4) is 0 Å². The first-order valence-electron chi connectivity index (χ1n) is 5.49. The summed E-state index contributed by atoms with van der Waals surface area (Å²) in [6.07, 6.45) is 0.995. The number of carbonyl (C=O) groups is 1. The summed E-state index contributed by atoms with van der Waals surface area (Å²) in [6, 6.07) is 6.88. The molecule has 1 N–H and O–H groups in total. The van der Waals surface area contributed by atoms with Gasteiger partial charge in [0.1, 0.15) is 5.75 Å². The van der Waals surface area contributed by atoms with Crippen LogP contribution in [0.4, 0.5) is 0 Å². The molecule has 0 radical (unpaired) electrons. The minimum Gasteiger partial charge on any atom is -0.476 e. The molecule has 1 aromatic carbocycles. The van der Waals surface area contributed by atoms with Gasteiger partial charge in [0.05, 0.1) is 5.37 Å². The van der Waals surface area contributed by atoms with Crippen LogP contribution in [0.1, 0.15) is 6.42 Å². The van der Waals surface area contributed by atoms with Gasteiger partial charge in [0.2, 0.25) is 0 Å². The quantitative estimate of drug-likeness (QED) is 0.924. The standard InChI is InChI=1S/C12H10ClNO3S/c13-7-1-3-8(4-2-7)17-12-10(11(15)16)14-6-5-9(14)18-12/h1-4,9H,5-6H2,(H,15,16). The van der Waals surface area contributed by atoms with Gasteiger partial charge in [-0.15, -0.1) is 0 Å². The van der Waals surface area contributed by atoms with Crippen molar-refractivity contribution in [3.05, 3.63) is 40.1 Å². The number of carboxylic acid groups (broad SMARTS) is 1. The number of ether oxygens (including phenoxy) is 1. The maximum absolute atomic E-state index is 11.2. The van der Waals surface area contributed by atoms with Crippen molar-refractivity contribution in [2.45, 2.75) is 11.8 Å². The molecule has 0 saturated carbocycles. The largest absolute Gasteiger partial charge is 0.476 e. The molecule has 2 aliphatic rings. The third-order valence-electron chi connectivity index (χ3n) is 2.91. The lowest BCUT2D eigenvalue weighted by molar-refractivity contribution is -0.135. The molecule has 3 rings (SSSR count). The topological polar surface area (TPSA) is 49.8 Å².